The molecular formula is C17H27N3O2. The second kappa shape index (κ2) is 7.49. The Morgan fingerprint density at radius 1 is 1.32 bits per heavy atom. The number of para-hydroxylation sites is 2. The third-order valence-electron chi connectivity index (χ3n) is 3.90. The van der Waals surface area contributed by atoms with Crippen molar-refractivity contribution in [2.45, 2.75) is 52.4 Å². The highest BCUT2D eigenvalue weighted by molar-refractivity contribution is 5.93. The number of morpholine rings is 1. The van der Waals surface area contributed by atoms with Crippen LogP contribution >= 0.6 is 0 Å². The van der Waals surface area contributed by atoms with E-state index >= 15 is 0 Å². The van der Waals surface area contributed by atoms with Crippen LogP contribution in [0.2, 0.25) is 0 Å². The highest BCUT2D eigenvalue weighted by Crippen LogP contribution is 2.28. The van der Waals surface area contributed by atoms with Crippen LogP contribution in [0.25, 0.3) is 0 Å². The van der Waals surface area contributed by atoms with Gasteiger partial charge in [-0.05, 0) is 39.3 Å². The fraction of sp³-hybridized carbons (Fsp3) is 0.588. The first kappa shape index (κ1) is 16.6. The number of hydrogen-bond donors (Lipinski definition) is 2. The Morgan fingerprint density at radius 3 is 2.59 bits per heavy atom. The van der Waals surface area contributed by atoms with Crippen molar-refractivity contribution in [2.24, 2.45) is 0 Å². The van der Waals surface area contributed by atoms with Crippen molar-refractivity contribution in [3.63, 3.8) is 0 Å². The standard InChI is InChI=1S/C17H27N3O2/c1-5-12(2)18-17(21)19-15-8-6-7-9-16(15)20-10-13(3)22-14(4)11-20/h6-9,12-14H,5,10-11H2,1-4H3,(H2,18,19,21)/t12-,13-,14+/m1/s1. The Bertz CT molecular complexity index is 496. The minimum atomic E-state index is -0.156. The molecule has 3 atom stereocenters. The number of amides is 2. The van der Waals surface area contributed by atoms with E-state index < -0.39 is 0 Å². The van der Waals surface area contributed by atoms with Gasteiger partial charge in [0.25, 0.3) is 0 Å². The summed E-state index contributed by atoms with van der Waals surface area (Å²) in [4.78, 5) is 14.4. The summed E-state index contributed by atoms with van der Waals surface area (Å²) < 4.78 is 5.78. The largest absolute Gasteiger partial charge is 0.372 e. The summed E-state index contributed by atoms with van der Waals surface area (Å²) in [6, 6.07) is 7.93. The fourth-order valence-electron chi connectivity index (χ4n) is 2.71. The van der Waals surface area contributed by atoms with Crippen molar-refractivity contribution in [3.05, 3.63) is 24.3 Å². The molecule has 1 fully saturated rings. The summed E-state index contributed by atoms with van der Waals surface area (Å²) in [5.41, 5.74) is 1.88. The Kier molecular flexibility index (Phi) is 5.66. The number of carbonyl (C=O) groups is 1. The van der Waals surface area contributed by atoms with E-state index in [1.54, 1.807) is 0 Å². The molecule has 0 saturated carbocycles. The lowest BCUT2D eigenvalue weighted by atomic mass is 10.1. The van der Waals surface area contributed by atoms with E-state index in [0.29, 0.717) is 0 Å². The molecule has 0 radical (unpaired) electrons. The molecule has 2 N–H and O–H groups in total. The van der Waals surface area contributed by atoms with Crippen LogP contribution in [0.5, 0.6) is 0 Å². The molecule has 1 aliphatic heterocycles. The Balaban J connectivity index is 2.11. The maximum absolute atomic E-state index is 12.1. The van der Waals surface area contributed by atoms with E-state index in [1.807, 2.05) is 31.2 Å². The lowest BCUT2D eigenvalue weighted by Gasteiger charge is -2.37. The zero-order valence-electron chi connectivity index (χ0n) is 13.9. The third-order valence-corrected chi connectivity index (χ3v) is 3.90. The molecule has 0 spiro atoms. The predicted octanol–water partition coefficient (Wildman–Crippen LogP) is 3.22. The molecule has 0 unspecified atom stereocenters. The summed E-state index contributed by atoms with van der Waals surface area (Å²) in [5, 5.41) is 5.90. The number of nitrogens with one attached hydrogen (secondary N) is 2. The molecule has 122 valence electrons. The summed E-state index contributed by atoms with van der Waals surface area (Å²) >= 11 is 0. The number of ether oxygens (including phenoxy) is 1. The summed E-state index contributed by atoms with van der Waals surface area (Å²) in [7, 11) is 0. The first-order valence-corrected chi connectivity index (χ1v) is 8.06. The average Bonchev–Trinajstić information content (AvgIpc) is 2.46. The molecule has 1 aliphatic rings. The van der Waals surface area contributed by atoms with Crippen molar-refractivity contribution in [3.8, 4) is 0 Å². The van der Waals surface area contributed by atoms with Crippen molar-refractivity contribution in [2.75, 3.05) is 23.3 Å². The fourth-order valence-corrected chi connectivity index (χ4v) is 2.71. The minimum Gasteiger partial charge on any atom is -0.372 e. The van der Waals surface area contributed by atoms with Gasteiger partial charge in [-0.15, -0.1) is 0 Å². The molecule has 2 amide bonds. The van der Waals surface area contributed by atoms with E-state index in [-0.39, 0.29) is 24.3 Å². The van der Waals surface area contributed by atoms with Crippen LogP contribution < -0.4 is 15.5 Å². The van der Waals surface area contributed by atoms with Gasteiger partial charge in [0.15, 0.2) is 0 Å². The van der Waals surface area contributed by atoms with Crippen molar-refractivity contribution >= 4 is 17.4 Å². The number of nitrogens with zero attached hydrogens (tertiary/aromatic N) is 1. The zero-order valence-corrected chi connectivity index (χ0v) is 13.9. The highest BCUT2D eigenvalue weighted by atomic mass is 16.5. The van der Waals surface area contributed by atoms with Gasteiger partial charge in [-0.1, -0.05) is 19.1 Å². The Labute approximate surface area is 133 Å². The average molecular weight is 305 g/mol. The van der Waals surface area contributed by atoms with Crippen molar-refractivity contribution < 1.29 is 9.53 Å². The second-order valence-electron chi connectivity index (χ2n) is 6.09. The van der Waals surface area contributed by atoms with Crippen LogP contribution in [0.3, 0.4) is 0 Å². The van der Waals surface area contributed by atoms with E-state index in [9.17, 15) is 4.79 Å². The molecule has 1 aromatic carbocycles. The van der Waals surface area contributed by atoms with Crippen LogP contribution in [0, 0.1) is 0 Å². The Morgan fingerprint density at radius 2 is 1.95 bits per heavy atom. The van der Waals surface area contributed by atoms with Crippen LogP contribution in [-0.2, 0) is 4.74 Å². The molecule has 2 rings (SSSR count). The summed E-state index contributed by atoms with van der Waals surface area (Å²) in [6.45, 7) is 9.86. The number of urea groups is 1. The van der Waals surface area contributed by atoms with E-state index in [1.165, 1.54) is 0 Å². The Hall–Kier alpha value is -1.75. The van der Waals surface area contributed by atoms with Crippen LogP contribution in [0.4, 0.5) is 16.2 Å². The van der Waals surface area contributed by atoms with E-state index in [0.717, 1.165) is 30.9 Å². The molecule has 1 saturated heterocycles. The molecule has 22 heavy (non-hydrogen) atoms. The number of hydrogen-bond acceptors (Lipinski definition) is 3. The van der Waals surface area contributed by atoms with Crippen LogP contribution in [0.1, 0.15) is 34.1 Å². The number of carbonyl (C=O) groups excluding carboxylic acids is 1. The summed E-state index contributed by atoms with van der Waals surface area (Å²) in [5.74, 6) is 0. The van der Waals surface area contributed by atoms with Gasteiger partial charge in [0.2, 0.25) is 0 Å². The van der Waals surface area contributed by atoms with Gasteiger partial charge < -0.3 is 20.3 Å². The highest BCUT2D eigenvalue weighted by Gasteiger charge is 2.24. The summed E-state index contributed by atoms with van der Waals surface area (Å²) in [6.07, 6.45) is 1.28. The lowest BCUT2D eigenvalue weighted by molar-refractivity contribution is -0.00517. The monoisotopic (exact) mass is 305 g/mol. The molecule has 0 aliphatic carbocycles. The molecule has 5 heteroatoms. The maximum atomic E-state index is 12.1. The maximum Gasteiger partial charge on any atom is 0.319 e. The number of anilines is 2. The van der Waals surface area contributed by atoms with Crippen LogP contribution in [-0.4, -0.2) is 37.4 Å². The van der Waals surface area contributed by atoms with E-state index in [2.05, 4.69) is 36.3 Å². The van der Waals surface area contributed by atoms with Gasteiger partial charge >= 0.3 is 6.03 Å². The second-order valence-corrected chi connectivity index (χ2v) is 6.09. The molecule has 0 aromatic heterocycles. The first-order chi connectivity index (χ1) is 10.5. The molecule has 1 aromatic rings. The molecule has 0 bridgehead atoms. The molecular weight excluding hydrogens is 278 g/mol. The lowest BCUT2D eigenvalue weighted by Crippen LogP contribution is -2.46. The van der Waals surface area contributed by atoms with Crippen molar-refractivity contribution in [1.29, 1.82) is 0 Å². The topological polar surface area (TPSA) is 53.6 Å². The van der Waals surface area contributed by atoms with E-state index in [4.69, 9.17) is 4.74 Å². The normalized spacial score (nSPS) is 23.0. The van der Waals surface area contributed by atoms with Gasteiger partial charge in [-0.25, -0.2) is 4.79 Å². The van der Waals surface area contributed by atoms with Gasteiger partial charge in [0.05, 0.1) is 23.6 Å². The zero-order chi connectivity index (χ0) is 16.1. The number of rotatable bonds is 4. The van der Waals surface area contributed by atoms with Gasteiger partial charge in [-0.2, -0.15) is 0 Å². The van der Waals surface area contributed by atoms with Gasteiger partial charge in [0, 0.05) is 19.1 Å². The van der Waals surface area contributed by atoms with Gasteiger partial charge in [-0.3, -0.25) is 0 Å². The predicted molar refractivity (Wildman–Crippen MR) is 90.6 cm³/mol. The number of benzene rings is 1. The third kappa shape index (κ3) is 4.37. The van der Waals surface area contributed by atoms with Crippen molar-refractivity contribution in [1.82, 2.24) is 5.32 Å². The minimum absolute atomic E-state index is 0.156. The SMILES string of the molecule is CC[C@@H](C)NC(=O)Nc1ccccc1N1C[C@@H](C)O[C@@H](C)C1. The van der Waals surface area contributed by atoms with Crippen LogP contribution in [0.15, 0.2) is 24.3 Å². The quantitative estimate of drug-likeness (QED) is 0.898. The molecule has 1 heterocycles. The van der Waals surface area contributed by atoms with Gasteiger partial charge in [0.1, 0.15) is 0 Å². The molecule has 5 nitrogen and oxygen atoms in total. The first-order valence-electron chi connectivity index (χ1n) is 8.06. The smallest absolute Gasteiger partial charge is 0.319 e.